The topological polar surface area (TPSA) is 95.5 Å². The fraction of sp³-hybridized carbons (Fsp3) is 0.500. The Bertz CT molecular complexity index is 992. The number of anilines is 1. The first-order valence-corrected chi connectivity index (χ1v) is 11.6. The van der Waals surface area contributed by atoms with Crippen molar-refractivity contribution in [1.29, 1.82) is 0 Å². The Morgan fingerprint density at radius 1 is 1.14 bits per heavy atom. The average molecular weight is 422 g/mol. The molecule has 1 aromatic carbocycles. The molecule has 0 unspecified atom stereocenters. The number of carbonyl (C=O) groups excluding carboxylic acids is 1. The number of aryl methyl sites for hydroxylation is 2. The molecule has 2 aromatic rings. The van der Waals surface area contributed by atoms with E-state index >= 15 is 0 Å². The molecule has 1 saturated heterocycles. The van der Waals surface area contributed by atoms with Crippen molar-refractivity contribution in [3.05, 3.63) is 34.3 Å². The highest BCUT2D eigenvalue weighted by atomic mass is 32.2. The molecule has 0 bridgehead atoms. The molecule has 0 radical (unpaired) electrons. The van der Waals surface area contributed by atoms with Crippen LogP contribution >= 0.6 is 11.3 Å². The zero-order valence-electron chi connectivity index (χ0n) is 15.9. The minimum Gasteiger partial charge on any atom is -0.322 e. The normalized spacial score (nSPS) is 18.3. The molecular formula is C18H23N5O3S2. The minimum atomic E-state index is -3.56. The first kappa shape index (κ1) is 19.3. The third-order valence-electron chi connectivity index (χ3n) is 5.06. The van der Waals surface area contributed by atoms with Gasteiger partial charge in [0.2, 0.25) is 15.2 Å². The summed E-state index contributed by atoms with van der Waals surface area (Å²) in [5.41, 5.74) is 1.77. The van der Waals surface area contributed by atoms with E-state index in [1.165, 1.54) is 15.6 Å². The molecule has 10 heteroatoms. The van der Waals surface area contributed by atoms with Gasteiger partial charge in [-0.05, 0) is 38.3 Å². The molecule has 2 amide bonds. The van der Waals surface area contributed by atoms with Gasteiger partial charge in [-0.3, -0.25) is 5.32 Å². The van der Waals surface area contributed by atoms with E-state index in [4.69, 9.17) is 0 Å². The van der Waals surface area contributed by atoms with Gasteiger partial charge in [-0.15, -0.1) is 10.2 Å². The van der Waals surface area contributed by atoms with Crippen LogP contribution in [0.3, 0.4) is 0 Å². The fourth-order valence-electron chi connectivity index (χ4n) is 3.31. The van der Waals surface area contributed by atoms with Crippen molar-refractivity contribution in [3.8, 4) is 0 Å². The Morgan fingerprint density at radius 3 is 2.50 bits per heavy atom. The van der Waals surface area contributed by atoms with Gasteiger partial charge in [0.1, 0.15) is 5.01 Å². The van der Waals surface area contributed by atoms with Crippen molar-refractivity contribution in [2.75, 3.05) is 31.5 Å². The lowest BCUT2D eigenvalue weighted by Gasteiger charge is -2.34. The van der Waals surface area contributed by atoms with Crippen molar-refractivity contribution in [2.45, 2.75) is 37.5 Å². The lowest BCUT2D eigenvalue weighted by atomic mass is 10.2. The third-order valence-corrected chi connectivity index (χ3v) is 8.12. The van der Waals surface area contributed by atoms with Crippen molar-refractivity contribution >= 4 is 32.5 Å². The van der Waals surface area contributed by atoms with Gasteiger partial charge in [0, 0.05) is 32.1 Å². The van der Waals surface area contributed by atoms with Crippen molar-refractivity contribution in [1.82, 2.24) is 19.4 Å². The number of amides is 2. The van der Waals surface area contributed by atoms with Crippen LogP contribution in [0.25, 0.3) is 0 Å². The number of piperazine rings is 1. The second kappa shape index (κ2) is 7.41. The summed E-state index contributed by atoms with van der Waals surface area (Å²) < 4.78 is 27.3. The van der Waals surface area contributed by atoms with Gasteiger partial charge < -0.3 is 4.90 Å². The second-order valence-electron chi connectivity index (χ2n) is 7.31. The summed E-state index contributed by atoms with van der Waals surface area (Å²) in [6.07, 6.45) is 2.28. The molecule has 1 aliphatic carbocycles. The van der Waals surface area contributed by atoms with Gasteiger partial charge in [0.15, 0.2) is 0 Å². The molecule has 1 saturated carbocycles. The predicted octanol–water partition coefficient (Wildman–Crippen LogP) is 2.57. The summed E-state index contributed by atoms with van der Waals surface area (Å²) >= 11 is 1.41. The van der Waals surface area contributed by atoms with Crippen LogP contribution in [0.2, 0.25) is 0 Å². The molecule has 0 atom stereocenters. The molecule has 2 aliphatic rings. The number of carbonyl (C=O) groups is 1. The van der Waals surface area contributed by atoms with E-state index in [1.807, 2.05) is 26.0 Å². The van der Waals surface area contributed by atoms with Gasteiger partial charge in [-0.2, -0.15) is 4.31 Å². The Morgan fingerprint density at radius 2 is 1.86 bits per heavy atom. The van der Waals surface area contributed by atoms with Crippen LogP contribution in [-0.4, -0.2) is 60.0 Å². The molecule has 1 aliphatic heterocycles. The summed E-state index contributed by atoms with van der Waals surface area (Å²) in [7, 11) is -3.56. The fourth-order valence-corrected chi connectivity index (χ4v) is 5.84. The Hall–Kier alpha value is -2.04. The van der Waals surface area contributed by atoms with Crippen LogP contribution < -0.4 is 5.32 Å². The monoisotopic (exact) mass is 421 g/mol. The van der Waals surface area contributed by atoms with E-state index in [-0.39, 0.29) is 19.1 Å². The van der Waals surface area contributed by atoms with Gasteiger partial charge in [-0.1, -0.05) is 29.0 Å². The summed E-state index contributed by atoms with van der Waals surface area (Å²) in [5, 5.41) is 12.4. The van der Waals surface area contributed by atoms with Crippen LogP contribution in [-0.2, 0) is 10.0 Å². The van der Waals surface area contributed by atoms with Gasteiger partial charge in [0.25, 0.3) is 0 Å². The van der Waals surface area contributed by atoms with E-state index in [0.717, 1.165) is 29.0 Å². The standard InChI is InChI=1S/C18H23N5O3S2/c1-12-3-6-15(13(2)11-12)28(25,26)23-9-7-22(8-10-23)18(24)19-17-21-20-16(27-17)14-4-5-14/h3,6,11,14H,4-5,7-10H2,1-2H3,(H,19,21,24). The smallest absolute Gasteiger partial charge is 0.322 e. The maximum absolute atomic E-state index is 12.9. The lowest BCUT2D eigenvalue weighted by molar-refractivity contribution is 0.184. The maximum Gasteiger partial charge on any atom is 0.323 e. The van der Waals surface area contributed by atoms with Crippen LogP contribution in [0.5, 0.6) is 0 Å². The van der Waals surface area contributed by atoms with E-state index in [2.05, 4.69) is 15.5 Å². The van der Waals surface area contributed by atoms with E-state index in [9.17, 15) is 13.2 Å². The molecule has 4 rings (SSSR count). The molecule has 1 N–H and O–H groups in total. The van der Waals surface area contributed by atoms with Crippen LogP contribution in [0, 0.1) is 13.8 Å². The SMILES string of the molecule is Cc1ccc(S(=O)(=O)N2CCN(C(=O)Nc3nnc(C4CC4)s3)CC2)c(C)c1. The Balaban J connectivity index is 1.37. The number of sulfonamides is 1. The largest absolute Gasteiger partial charge is 0.323 e. The molecular weight excluding hydrogens is 398 g/mol. The number of benzene rings is 1. The molecule has 150 valence electrons. The number of nitrogens with zero attached hydrogens (tertiary/aromatic N) is 4. The highest BCUT2D eigenvalue weighted by molar-refractivity contribution is 7.89. The molecule has 2 fully saturated rings. The van der Waals surface area contributed by atoms with Crippen molar-refractivity contribution in [3.63, 3.8) is 0 Å². The molecule has 2 heterocycles. The van der Waals surface area contributed by atoms with E-state index in [1.54, 1.807) is 11.0 Å². The second-order valence-corrected chi connectivity index (χ2v) is 10.2. The zero-order chi connectivity index (χ0) is 19.9. The van der Waals surface area contributed by atoms with Gasteiger partial charge in [0.05, 0.1) is 4.90 Å². The molecule has 28 heavy (non-hydrogen) atoms. The summed E-state index contributed by atoms with van der Waals surface area (Å²) in [6, 6.07) is 5.07. The van der Waals surface area contributed by atoms with Crippen molar-refractivity contribution < 1.29 is 13.2 Å². The third kappa shape index (κ3) is 3.89. The van der Waals surface area contributed by atoms with Crippen LogP contribution in [0.1, 0.15) is 34.9 Å². The predicted molar refractivity (Wildman–Crippen MR) is 107 cm³/mol. The number of hydrogen-bond donors (Lipinski definition) is 1. The summed E-state index contributed by atoms with van der Waals surface area (Å²) in [5.74, 6) is 0.502. The molecule has 8 nitrogen and oxygen atoms in total. The number of rotatable bonds is 4. The van der Waals surface area contributed by atoms with Crippen LogP contribution in [0.15, 0.2) is 23.1 Å². The van der Waals surface area contributed by atoms with Crippen LogP contribution in [0.4, 0.5) is 9.93 Å². The first-order chi connectivity index (χ1) is 13.3. The number of nitrogens with one attached hydrogen (secondary N) is 1. The highest BCUT2D eigenvalue weighted by Gasteiger charge is 2.32. The van der Waals surface area contributed by atoms with Crippen molar-refractivity contribution in [2.24, 2.45) is 0 Å². The number of aromatic nitrogens is 2. The Labute approximate surface area is 168 Å². The lowest BCUT2D eigenvalue weighted by Crippen LogP contribution is -2.51. The molecule has 1 aromatic heterocycles. The first-order valence-electron chi connectivity index (χ1n) is 9.31. The van der Waals surface area contributed by atoms with E-state index in [0.29, 0.717) is 29.0 Å². The van der Waals surface area contributed by atoms with Gasteiger partial charge in [-0.25, -0.2) is 13.2 Å². The highest BCUT2D eigenvalue weighted by Crippen LogP contribution is 2.42. The zero-order valence-corrected chi connectivity index (χ0v) is 17.5. The molecule has 0 spiro atoms. The maximum atomic E-state index is 12.9. The summed E-state index contributed by atoms with van der Waals surface area (Å²) in [4.78, 5) is 14.4. The minimum absolute atomic E-state index is 0.262. The average Bonchev–Trinajstić information content (AvgIpc) is 3.41. The number of urea groups is 1. The summed E-state index contributed by atoms with van der Waals surface area (Å²) in [6.45, 7) is 4.96. The Kier molecular flexibility index (Phi) is 5.11. The quantitative estimate of drug-likeness (QED) is 0.819. The number of hydrogen-bond acceptors (Lipinski definition) is 6. The van der Waals surface area contributed by atoms with Gasteiger partial charge >= 0.3 is 6.03 Å². The van der Waals surface area contributed by atoms with E-state index < -0.39 is 10.0 Å².